The van der Waals surface area contributed by atoms with Crippen LogP contribution in [0.5, 0.6) is 0 Å². The summed E-state index contributed by atoms with van der Waals surface area (Å²) in [6.45, 7) is 4.79. The molecule has 1 aromatic heterocycles. The number of nitrogens with zero attached hydrogens (tertiary/aromatic N) is 3. The quantitative estimate of drug-likeness (QED) is 0.905. The first-order valence-corrected chi connectivity index (χ1v) is 8.79. The maximum absolute atomic E-state index is 13.5. The van der Waals surface area contributed by atoms with Gasteiger partial charge in [0, 0.05) is 30.5 Å². The molecule has 6 heteroatoms. The Morgan fingerprint density at radius 3 is 2.71 bits per heavy atom. The molecular formula is C18H23ClN4O. The van der Waals surface area contributed by atoms with Crippen molar-refractivity contribution >= 4 is 17.5 Å². The van der Waals surface area contributed by atoms with Crippen LogP contribution in [0, 0.1) is 0 Å². The van der Waals surface area contributed by atoms with Gasteiger partial charge in [0.15, 0.2) is 0 Å². The van der Waals surface area contributed by atoms with Crippen molar-refractivity contribution in [1.29, 1.82) is 0 Å². The summed E-state index contributed by atoms with van der Waals surface area (Å²) in [5.41, 5.74) is 0.366. The van der Waals surface area contributed by atoms with Gasteiger partial charge in [-0.2, -0.15) is 5.10 Å². The molecule has 1 amide bonds. The van der Waals surface area contributed by atoms with Crippen molar-refractivity contribution in [1.82, 2.24) is 20.0 Å². The van der Waals surface area contributed by atoms with E-state index in [9.17, 15) is 4.79 Å². The highest BCUT2D eigenvalue weighted by Gasteiger charge is 2.44. The van der Waals surface area contributed by atoms with Gasteiger partial charge in [-0.3, -0.25) is 9.48 Å². The maximum Gasteiger partial charge on any atom is 0.250 e. The molecule has 3 rings (SSSR count). The lowest BCUT2D eigenvalue weighted by molar-refractivity contribution is -0.143. The zero-order valence-corrected chi connectivity index (χ0v) is 14.7. The Labute approximate surface area is 147 Å². The number of nitrogens with one attached hydrogen (secondary N) is 1. The van der Waals surface area contributed by atoms with Gasteiger partial charge in [-0.25, -0.2) is 0 Å². The van der Waals surface area contributed by atoms with Crippen LogP contribution in [0.4, 0.5) is 0 Å². The summed E-state index contributed by atoms with van der Waals surface area (Å²) in [7, 11) is 0. The van der Waals surface area contributed by atoms with Crippen molar-refractivity contribution in [2.24, 2.45) is 0 Å². The van der Waals surface area contributed by atoms with Crippen LogP contribution >= 0.6 is 11.6 Å². The molecule has 0 unspecified atom stereocenters. The SMILES string of the molecule is CCN(Cc1ccccc1Cl)C(=O)C1(n2cccn2)CCNCC1. The normalized spacial score (nSPS) is 16.8. The smallest absolute Gasteiger partial charge is 0.250 e. The van der Waals surface area contributed by atoms with E-state index < -0.39 is 5.54 Å². The summed E-state index contributed by atoms with van der Waals surface area (Å²) in [5, 5.41) is 8.43. The Bertz CT molecular complexity index is 680. The Hall–Kier alpha value is -1.85. The van der Waals surface area contributed by atoms with Gasteiger partial charge >= 0.3 is 0 Å². The van der Waals surface area contributed by atoms with Gasteiger partial charge in [0.05, 0.1) is 0 Å². The van der Waals surface area contributed by atoms with Crippen LogP contribution in [0.3, 0.4) is 0 Å². The number of likely N-dealkylation sites (N-methyl/N-ethyl adjacent to an activating group) is 1. The fourth-order valence-electron chi connectivity index (χ4n) is 3.36. The molecule has 24 heavy (non-hydrogen) atoms. The van der Waals surface area contributed by atoms with E-state index in [1.165, 1.54) is 0 Å². The van der Waals surface area contributed by atoms with Gasteiger partial charge in [-0.1, -0.05) is 29.8 Å². The standard InChI is InChI=1S/C18H23ClN4O/c1-2-22(14-15-6-3-4-7-16(15)19)17(24)18(8-11-20-12-9-18)23-13-5-10-21-23/h3-7,10,13,20H,2,8-9,11-12,14H2,1H3. The van der Waals surface area contributed by atoms with Crippen molar-refractivity contribution in [3.05, 3.63) is 53.3 Å². The number of piperidine rings is 1. The summed E-state index contributed by atoms with van der Waals surface area (Å²) in [4.78, 5) is 15.3. The largest absolute Gasteiger partial charge is 0.336 e. The lowest BCUT2D eigenvalue weighted by Crippen LogP contribution is -2.55. The monoisotopic (exact) mass is 346 g/mol. The predicted octanol–water partition coefficient (Wildman–Crippen LogP) is 2.66. The average molecular weight is 347 g/mol. The second-order valence-electron chi connectivity index (χ2n) is 6.14. The molecule has 1 N–H and O–H groups in total. The molecule has 0 radical (unpaired) electrons. The molecule has 1 aliphatic rings. The first-order valence-electron chi connectivity index (χ1n) is 8.41. The average Bonchev–Trinajstić information content (AvgIpc) is 3.16. The van der Waals surface area contributed by atoms with E-state index >= 15 is 0 Å². The summed E-state index contributed by atoms with van der Waals surface area (Å²) in [5.74, 6) is 0.120. The molecule has 0 bridgehead atoms. The van der Waals surface area contributed by atoms with Crippen molar-refractivity contribution in [2.45, 2.75) is 31.8 Å². The highest BCUT2D eigenvalue weighted by atomic mass is 35.5. The number of carbonyl (C=O) groups excluding carboxylic acids is 1. The molecule has 2 heterocycles. The molecule has 5 nitrogen and oxygen atoms in total. The van der Waals surface area contributed by atoms with Gasteiger partial charge in [-0.05, 0) is 50.6 Å². The van der Waals surface area contributed by atoms with Crippen LogP contribution in [-0.4, -0.2) is 40.2 Å². The molecule has 0 saturated carbocycles. The van der Waals surface area contributed by atoms with Gasteiger partial charge in [0.1, 0.15) is 5.54 Å². The van der Waals surface area contributed by atoms with Crippen LogP contribution < -0.4 is 5.32 Å². The third-order valence-electron chi connectivity index (χ3n) is 4.76. The van der Waals surface area contributed by atoms with E-state index in [1.54, 1.807) is 6.20 Å². The van der Waals surface area contributed by atoms with E-state index in [2.05, 4.69) is 10.4 Å². The number of hydrogen-bond donors (Lipinski definition) is 1. The fourth-order valence-corrected chi connectivity index (χ4v) is 3.55. The molecule has 0 aliphatic carbocycles. The van der Waals surface area contributed by atoms with E-state index in [-0.39, 0.29) is 5.91 Å². The lowest BCUT2D eigenvalue weighted by atomic mass is 9.86. The Morgan fingerprint density at radius 1 is 1.33 bits per heavy atom. The van der Waals surface area contributed by atoms with Gasteiger partial charge < -0.3 is 10.2 Å². The molecular weight excluding hydrogens is 324 g/mol. The van der Waals surface area contributed by atoms with Crippen LogP contribution in [0.1, 0.15) is 25.3 Å². The number of halogens is 1. The third-order valence-corrected chi connectivity index (χ3v) is 5.13. The van der Waals surface area contributed by atoms with Gasteiger partial charge in [0.2, 0.25) is 0 Å². The molecule has 1 aromatic carbocycles. The molecule has 1 aliphatic heterocycles. The third kappa shape index (κ3) is 3.19. The minimum absolute atomic E-state index is 0.120. The Balaban J connectivity index is 1.89. The van der Waals surface area contributed by atoms with Gasteiger partial charge in [-0.15, -0.1) is 0 Å². The lowest BCUT2D eigenvalue weighted by Gasteiger charge is -2.40. The van der Waals surface area contributed by atoms with Gasteiger partial charge in [0.25, 0.3) is 5.91 Å². The minimum atomic E-state index is -0.605. The highest BCUT2D eigenvalue weighted by Crippen LogP contribution is 2.30. The Kier molecular flexibility index (Phi) is 5.21. The number of aromatic nitrogens is 2. The van der Waals surface area contributed by atoms with Crippen molar-refractivity contribution in [3.8, 4) is 0 Å². The fraction of sp³-hybridized carbons (Fsp3) is 0.444. The second-order valence-corrected chi connectivity index (χ2v) is 6.55. The summed E-state index contributed by atoms with van der Waals surface area (Å²) in [6, 6.07) is 9.57. The first-order chi connectivity index (χ1) is 11.7. The minimum Gasteiger partial charge on any atom is -0.336 e. The van der Waals surface area contributed by atoms with E-state index in [4.69, 9.17) is 11.6 Å². The summed E-state index contributed by atoms with van der Waals surface area (Å²) >= 11 is 6.28. The predicted molar refractivity (Wildman–Crippen MR) is 94.8 cm³/mol. The second kappa shape index (κ2) is 7.36. The molecule has 2 aromatic rings. The molecule has 0 atom stereocenters. The zero-order chi connectivity index (χ0) is 17.0. The number of benzene rings is 1. The van der Waals surface area contributed by atoms with Crippen LogP contribution in [-0.2, 0) is 16.9 Å². The van der Waals surface area contributed by atoms with Crippen LogP contribution in [0.25, 0.3) is 0 Å². The number of hydrogen-bond acceptors (Lipinski definition) is 3. The highest BCUT2D eigenvalue weighted by molar-refractivity contribution is 6.31. The molecule has 1 saturated heterocycles. The molecule has 1 fully saturated rings. The van der Waals surface area contributed by atoms with E-state index in [0.29, 0.717) is 18.1 Å². The van der Waals surface area contributed by atoms with E-state index in [1.807, 2.05) is 53.0 Å². The van der Waals surface area contributed by atoms with Crippen LogP contribution in [0.15, 0.2) is 42.7 Å². The first kappa shape index (κ1) is 17.0. The topological polar surface area (TPSA) is 50.2 Å². The van der Waals surface area contributed by atoms with Crippen molar-refractivity contribution in [3.63, 3.8) is 0 Å². The molecule has 128 valence electrons. The summed E-state index contributed by atoms with van der Waals surface area (Å²) in [6.07, 6.45) is 5.12. The number of carbonyl (C=O) groups is 1. The Morgan fingerprint density at radius 2 is 2.08 bits per heavy atom. The van der Waals surface area contributed by atoms with E-state index in [0.717, 1.165) is 31.5 Å². The molecule has 0 spiro atoms. The number of rotatable bonds is 5. The van der Waals surface area contributed by atoms with Crippen LogP contribution in [0.2, 0.25) is 5.02 Å². The summed E-state index contributed by atoms with van der Waals surface area (Å²) < 4.78 is 1.84. The van der Waals surface area contributed by atoms with Crippen molar-refractivity contribution < 1.29 is 4.79 Å². The van der Waals surface area contributed by atoms with Crippen molar-refractivity contribution in [2.75, 3.05) is 19.6 Å². The zero-order valence-electron chi connectivity index (χ0n) is 13.9. The number of amides is 1. The maximum atomic E-state index is 13.5.